The third-order valence-corrected chi connectivity index (χ3v) is 2.46. The molecule has 1 aromatic rings. The monoisotopic (exact) mass is 209 g/mol. The maximum Gasteiger partial charge on any atom is 0.105 e. The van der Waals surface area contributed by atoms with Gasteiger partial charge in [-0.3, -0.25) is 0 Å². The molecule has 2 N–H and O–H groups in total. The van der Waals surface area contributed by atoms with E-state index in [2.05, 4.69) is 24.3 Å². The van der Waals surface area contributed by atoms with Gasteiger partial charge in [-0.15, -0.1) is 0 Å². The molecule has 0 aliphatic heterocycles. The second-order valence-corrected chi connectivity index (χ2v) is 4.57. The van der Waals surface area contributed by atoms with Crippen LogP contribution in [0.1, 0.15) is 31.4 Å². The molecule has 0 heterocycles. The van der Waals surface area contributed by atoms with Crippen molar-refractivity contribution < 1.29 is 4.39 Å². The number of nitrogens with two attached hydrogens (primary N) is 1. The molecule has 0 aromatic heterocycles. The van der Waals surface area contributed by atoms with Crippen molar-refractivity contribution in [2.75, 3.05) is 6.54 Å². The lowest BCUT2D eigenvalue weighted by atomic mass is 9.99. The van der Waals surface area contributed by atoms with Crippen molar-refractivity contribution in [1.82, 2.24) is 0 Å². The van der Waals surface area contributed by atoms with Crippen LogP contribution in [0.4, 0.5) is 4.39 Å². The third kappa shape index (κ3) is 4.93. The molecule has 0 aliphatic carbocycles. The molecule has 1 rings (SSSR count). The highest BCUT2D eigenvalue weighted by atomic mass is 19.1. The van der Waals surface area contributed by atoms with Gasteiger partial charge in [0.15, 0.2) is 0 Å². The van der Waals surface area contributed by atoms with E-state index in [4.69, 9.17) is 5.73 Å². The van der Waals surface area contributed by atoms with Gasteiger partial charge in [-0.1, -0.05) is 24.3 Å². The van der Waals surface area contributed by atoms with Gasteiger partial charge in [-0.05, 0) is 50.8 Å². The first kappa shape index (κ1) is 12.2. The molecule has 0 unspecified atom stereocenters. The fourth-order valence-electron chi connectivity index (χ4n) is 1.48. The van der Waals surface area contributed by atoms with Gasteiger partial charge in [0.05, 0.1) is 0 Å². The number of rotatable bonds is 5. The van der Waals surface area contributed by atoms with E-state index in [1.54, 1.807) is 13.8 Å². The van der Waals surface area contributed by atoms with Gasteiger partial charge in [0.25, 0.3) is 0 Å². The largest absolute Gasteiger partial charge is 0.330 e. The summed E-state index contributed by atoms with van der Waals surface area (Å²) < 4.78 is 13.3. The van der Waals surface area contributed by atoms with Gasteiger partial charge in [0.2, 0.25) is 0 Å². The SMILES string of the molecule is CC(C)(F)CCc1ccc(CCN)cc1. The molecule has 84 valence electrons. The average molecular weight is 209 g/mol. The zero-order valence-electron chi connectivity index (χ0n) is 9.59. The van der Waals surface area contributed by atoms with Crippen molar-refractivity contribution in [3.05, 3.63) is 35.4 Å². The Bertz CT molecular complexity index is 284. The summed E-state index contributed by atoms with van der Waals surface area (Å²) in [5, 5.41) is 0. The smallest absolute Gasteiger partial charge is 0.105 e. The number of aryl methyl sites for hydroxylation is 1. The molecule has 0 saturated carbocycles. The highest BCUT2D eigenvalue weighted by Crippen LogP contribution is 2.17. The Hall–Kier alpha value is -0.890. The van der Waals surface area contributed by atoms with Crippen molar-refractivity contribution in [3.63, 3.8) is 0 Å². The van der Waals surface area contributed by atoms with Crippen molar-refractivity contribution in [2.45, 2.75) is 38.8 Å². The predicted octanol–water partition coefficient (Wildman–Crippen LogP) is 2.87. The van der Waals surface area contributed by atoms with Crippen LogP contribution in [0.2, 0.25) is 0 Å². The summed E-state index contributed by atoms with van der Waals surface area (Å²) in [5.41, 5.74) is 6.84. The summed E-state index contributed by atoms with van der Waals surface area (Å²) in [4.78, 5) is 0. The normalized spacial score (nSPS) is 11.7. The Labute approximate surface area is 91.5 Å². The first-order valence-corrected chi connectivity index (χ1v) is 5.48. The summed E-state index contributed by atoms with van der Waals surface area (Å²) >= 11 is 0. The number of alkyl halides is 1. The minimum atomic E-state index is -1.07. The fraction of sp³-hybridized carbons (Fsp3) is 0.538. The topological polar surface area (TPSA) is 26.0 Å². The number of hydrogen-bond acceptors (Lipinski definition) is 1. The lowest BCUT2D eigenvalue weighted by molar-refractivity contribution is 0.202. The molecule has 0 radical (unpaired) electrons. The van der Waals surface area contributed by atoms with Crippen LogP contribution in [0.15, 0.2) is 24.3 Å². The minimum absolute atomic E-state index is 0.573. The van der Waals surface area contributed by atoms with E-state index < -0.39 is 5.67 Å². The van der Waals surface area contributed by atoms with E-state index in [1.165, 1.54) is 11.1 Å². The average Bonchev–Trinajstić information content (AvgIpc) is 2.16. The Balaban J connectivity index is 2.50. The maximum absolute atomic E-state index is 13.3. The number of benzene rings is 1. The second-order valence-electron chi connectivity index (χ2n) is 4.57. The first-order chi connectivity index (χ1) is 7.01. The van der Waals surface area contributed by atoms with Crippen LogP contribution in [0.3, 0.4) is 0 Å². The first-order valence-electron chi connectivity index (χ1n) is 5.48. The molecule has 0 atom stereocenters. The Kier molecular flexibility index (Phi) is 4.28. The van der Waals surface area contributed by atoms with Crippen LogP contribution in [0.25, 0.3) is 0 Å². The summed E-state index contributed by atoms with van der Waals surface area (Å²) in [6.45, 7) is 3.92. The molecular weight excluding hydrogens is 189 g/mol. The molecule has 0 saturated heterocycles. The van der Waals surface area contributed by atoms with E-state index in [0.29, 0.717) is 13.0 Å². The third-order valence-electron chi connectivity index (χ3n) is 2.46. The molecular formula is C13H20FN. The van der Waals surface area contributed by atoms with Gasteiger partial charge in [-0.25, -0.2) is 4.39 Å². The Morgan fingerprint density at radius 3 is 1.93 bits per heavy atom. The van der Waals surface area contributed by atoms with E-state index >= 15 is 0 Å². The molecule has 15 heavy (non-hydrogen) atoms. The van der Waals surface area contributed by atoms with E-state index in [1.807, 2.05) is 0 Å². The van der Waals surface area contributed by atoms with Crippen molar-refractivity contribution in [3.8, 4) is 0 Å². The molecule has 1 nitrogen and oxygen atoms in total. The predicted molar refractivity (Wildman–Crippen MR) is 62.7 cm³/mol. The maximum atomic E-state index is 13.3. The second kappa shape index (κ2) is 5.26. The number of halogens is 1. The van der Waals surface area contributed by atoms with Gasteiger partial charge in [0.1, 0.15) is 5.67 Å². The van der Waals surface area contributed by atoms with Crippen LogP contribution >= 0.6 is 0 Å². The molecule has 1 aromatic carbocycles. The van der Waals surface area contributed by atoms with E-state index in [9.17, 15) is 4.39 Å². The highest BCUT2D eigenvalue weighted by molar-refractivity contribution is 5.23. The van der Waals surface area contributed by atoms with Gasteiger partial charge < -0.3 is 5.73 Å². The summed E-state index contributed by atoms with van der Waals surface area (Å²) in [7, 11) is 0. The highest BCUT2D eigenvalue weighted by Gasteiger charge is 2.14. The van der Waals surface area contributed by atoms with Crippen LogP contribution in [0.5, 0.6) is 0 Å². The minimum Gasteiger partial charge on any atom is -0.330 e. The molecule has 0 amide bonds. The van der Waals surface area contributed by atoms with Crippen LogP contribution < -0.4 is 5.73 Å². The zero-order chi connectivity index (χ0) is 11.3. The quantitative estimate of drug-likeness (QED) is 0.793. The van der Waals surface area contributed by atoms with Gasteiger partial charge in [0, 0.05) is 0 Å². The van der Waals surface area contributed by atoms with Gasteiger partial charge >= 0.3 is 0 Å². The van der Waals surface area contributed by atoms with Crippen LogP contribution in [-0.2, 0) is 12.8 Å². The van der Waals surface area contributed by atoms with E-state index in [-0.39, 0.29) is 0 Å². The standard InChI is InChI=1S/C13H20FN/c1-13(2,14)9-7-11-3-5-12(6-4-11)8-10-15/h3-6H,7-10,15H2,1-2H3. The summed E-state index contributed by atoms with van der Waals surface area (Å²) in [6.07, 6.45) is 2.28. The summed E-state index contributed by atoms with van der Waals surface area (Å²) in [5.74, 6) is 0. The Morgan fingerprint density at radius 1 is 1.07 bits per heavy atom. The molecule has 0 bridgehead atoms. The molecule has 0 aliphatic rings. The lowest BCUT2D eigenvalue weighted by Gasteiger charge is -2.13. The Morgan fingerprint density at radius 2 is 1.53 bits per heavy atom. The van der Waals surface area contributed by atoms with Gasteiger partial charge in [-0.2, -0.15) is 0 Å². The van der Waals surface area contributed by atoms with Crippen molar-refractivity contribution >= 4 is 0 Å². The fourth-order valence-corrected chi connectivity index (χ4v) is 1.48. The van der Waals surface area contributed by atoms with Crippen LogP contribution in [-0.4, -0.2) is 12.2 Å². The zero-order valence-corrected chi connectivity index (χ0v) is 9.59. The molecule has 2 heteroatoms. The van der Waals surface area contributed by atoms with Crippen molar-refractivity contribution in [2.24, 2.45) is 5.73 Å². The molecule has 0 spiro atoms. The van der Waals surface area contributed by atoms with Crippen molar-refractivity contribution in [1.29, 1.82) is 0 Å². The number of hydrogen-bond donors (Lipinski definition) is 1. The summed E-state index contributed by atoms with van der Waals surface area (Å²) in [6, 6.07) is 8.29. The lowest BCUT2D eigenvalue weighted by Crippen LogP contribution is -2.12. The van der Waals surface area contributed by atoms with Crippen LogP contribution in [0, 0.1) is 0 Å². The molecule has 0 fully saturated rings. The van der Waals surface area contributed by atoms with E-state index in [0.717, 1.165) is 12.8 Å².